The van der Waals surface area contributed by atoms with Gasteiger partial charge >= 0.3 is 17.9 Å². The van der Waals surface area contributed by atoms with E-state index in [1.165, 1.54) is 35.3 Å². The van der Waals surface area contributed by atoms with Crippen LogP contribution in [0, 0.1) is 5.41 Å². The monoisotopic (exact) mass is 537 g/mol. The van der Waals surface area contributed by atoms with Gasteiger partial charge in [-0.2, -0.15) is 0 Å². The van der Waals surface area contributed by atoms with Gasteiger partial charge in [-0.25, -0.2) is 4.79 Å². The number of ether oxygens (including phenoxy) is 3. The predicted octanol–water partition coefficient (Wildman–Crippen LogP) is 1.48. The number of fused-ring (bicyclic) bond motifs is 1. The minimum atomic E-state index is -0.893. The Morgan fingerprint density at radius 2 is 1.86 bits per heavy atom. The summed E-state index contributed by atoms with van der Waals surface area (Å²) in [5, 5.41) is 2.18. The third kappa shape index (κ3) is 6.78. The van der Waals surface area contributed by atoms with E-state index in [4.69, 9.17) is 14.2 Å². The Morgan fingerprint density at radius 1 is 1.17 bits per heavy atom. The van der Waals surface area contributed by atoms with Crippen LogP contribution in [-0.4, -0.2) is 75.9 Å². The summed E-state index contributed by atoms with van der Waals surface area (Å²) in [5.74, 6) is -2.45. The van der Waals surface area contributed by atoms with Crippen molar-refractivity contribution in [2.75, 3.05) is 24.9 Å². The maximum absolute atomic E-state index is 13.0. The molecule has 13 heteroatoms. The molecule has 11 nitrogen and oxygen atoms in total. The van der Waals surface area contributed by atoms with Crippen LogP contribution in [0.2, 0.25) is 0 Å². The van der Waals surface area contributed by atoms with E-state index in [0.717, 1.165) is 4.90 Å². The zero-order chi connectivity index (χ0) is 26.5. The molecule has 3 rings (SSSR count). The van der Waals surface area contributed by atoms with E-state index < -0.39 is 47.4 Å². The summed E-state index contributed by atoms with van der Waals surface area (Å²) in [6.45, 7) is 5.36. The number of carbonyl (C=O) groups is 5. The van der Waals surface area contributed by atoms with Crippen LogP contribution in [0.25, 0.3) is 0 Å². The standard InChI is InChI=1S/C23H27N3O8S2/c1-13(27)32-9-14-10-36-20-17(25-16(28)11-35-15-5-7-24-8-6-15)19(29)26(20)18(14)21(30)33-12-34-22(31)23(2,3)4/h5-8,17,20H,9-12H2,1-4H3,(H,25,28). The number of nitrogens with one attached hydrogen (secondary N) is 1. The van der Waals surface area contributed by atoms with E-state index >= 15 is 0 Å². The number of carbonyl (C=O) groups excluding carboxylic acids is 5. The molecule has 0 spiro atoms. The molecule has 1 fully saturated rings. The first-order chi connectivity index (χ1) is 17.0. The zero-order valence-corrected chi connectivity index (χ0v) is 21.9. The third-order valence-corrected chi connectivity index (χ3v) is 7.37. The molecule has 2 unspecified atom stereocenters. The minimum Gasteiger partial charge on any atom is -0.461 e. The zero-order valence-electron chi connectivity index (χ0n) is 20.3. The molecule has 0 aliphatic carbocycles. The van der Waals surface area contributed by atoms with Gasteiger partial charge in [0.15, 0.2) is 0 Å². The molecule has 194 valence electrons. The van der Waals surface area contributed by atoms with Crippen molar-refractivity contribution in [1.29, 1.82) is 0 Å². The lowest BCUT2D eigenvalue weighted by Gasteiger charge is -2.49. The number of hydrogen-bond acceptors (Lipinski definition) is 11. The molecule has 1 saturated heterocycles. The molecular weight excluding hydrogens is 510 g/mol. The summed E-state index contributed by atoms with van der Waals surface area (Å²) in [7, 11) is 0. The van der Waals surface area contributed by atoms with E-state index in [-0.39, 0.29) is 29.7 Å². The van der Waals surface area contributed by atoms with Crippen LogP contribution in [0.3, 0.4) is 0 Å². The lowest BCUT2D eigenvalue weighted by atomic mass is 9.98. The summed E-state index contributed by atoms with van der Waals surface area (Å²) < 4.78 is 15.1. The average Bonchev–Trinajstić information content (AvgIpc) is 2.83. The number of thioether (sulfide) groups is 2. The maximum atomic E-state index is 13.0. The van der Waals surface area contributed by atoms with Crippen molar-refractivity contribution < 1.29 is 38.2 Å². The smallest absolute Gasteiger partial charge is 0.358 e. The normalized spacial score (nSPS) is 19.1. The largest absolute Gasteiger partial charge is 0.461 e. The summed E-state index contributed by atoms with van der Waals surface area (Å²) in [6.07, 6.45) is 3.24. The molecule has 1 aromatic heterocycles. The van der Waals surface area contributed by atoms with Crippen LogP contribution >= 0.6 is 23.5 Å². The van der Waals surface area contributed by atoms with Gasteiger partial charge in [-0.05, 0) is 32.9 Å². The fourth-order valence-corrected chi connectivity index (χ4v) is 5.21. The average molecular weight is 538 g/mol. The summed E-state index contributed by atoms with van der Waals surface area (Å²) in [4.78, 5) is 67.6. The predicted molar refractivity (Wildman–Crippen MR) is 130 cm³/mol. The van der Waals surface area contributed by atoms with Crippen LogP contribution in [0.1, 0.15) is 27.7 Å². The maximum Gasteiger partial charge on any atom is 0.358 e. The first kappa shape index (κ1) is 27.5. The third-order valence-electron chi connectivity index (χ3n) is 5.02. The molecule has 2 aliphatic rings. The summed E-state index contributed by atoms with van der Waals surface area (Å²) in [5.41, 5.74) is -0.480. The number of nitrogens with zero attached hydrogens (tertiary/aromatic N) is 2. The van der Waals surface area contributed by atoms with E-state index in [0.29, 0.717) is 5.57 Å². The molecule has 0 radical (unpaired) electrons. The fourth-order valence-electron chi connectivity index (χ4n) is 3.19. The van der Waals surface area contributed by atoms with Crippen LogP contribution < -0.4 is 5.32 Å². The number of hydrogen-bond donors (Lipinski definition) is 1. The van der Waals surface area contributed by atoms with Gasteiger partial charge in [0.2, 0.25) is 12.7 Å². The van der Waals surface area contributed by atoms with E-state index in [1.54, 1.807) is 45.3 Å². The summed E-state index contributed by atoms with van der Waals surface area (Å²) >= 11 is 2.63. The number of esters is 3. The Morgan fingerprint density at radius 3 is 2.50 bits per heavy atom. The molecular formula is C23H27N3O8S2. The quantitative estimate of drug-likeness (QED) is 0.212. The molecule has 0 saturated carbocycles. The highest BCUT2D eigenvalue weighted by molar-refractivity contribution is 8.00. The van der Waals surface area contributed by atoms with Gasteiger partial charge in [0.1, 0.15) is 23.7 Å². The second kappa shape index (κ2) is 11.8. The first-order valence-corrected chi connectivity index (χ1v) is 13.0. The number of rotatable bonds is 9. The van der Waals surface area contributed by atoms with Crippen molar-refractivity contribution in [3.05, 3.63) is 35.8 Å². The number of β-lactam (4-membered cyclic amide) rings is 1. The van der Waals surface area contributed by atoms with Crippen molar-refractivity contribution in [2.24, 2.45) is 5.41 Å². The van der Waals surface area contributed by atoms with Crippen LogP contribution in [0.5, 0.6) is 0 Å². The molecule has 1 N–H and O–H groups in total. The minimum absolute atomic E-state index is 0.0755. The highest BCUT2D eigenvalue weighted by Crippen LogP contribution is 2.40. The highest BCUT2D eigenvalue weighted by Gasteiger charge is 2.54. The number of amides is 2. The van der Waals surface area contributed by atoms with Gasteiger partial charge < -0.3 is 19.5 Å². The summed E-state index contributed by atoms with van der Waals surface area (Å²) in [6, 6.07) is 2.73. The SMILES string of the molecule is CC(=O)OCC1=C(C(=O)OCOC(=O)C(C)(C)C)N2C(=O)C(NC(=O)CSc3ccncc3)C2SC1. The molecule has 3 heterocycles. The Balaban J connectivity index is 1.66. The van der Waals surface area contributed by atoms with Crippen molar-refractivity contribution in [1.82, 2.24) is 15.2 Å². The van der Waals surface area contributed by atoms with E-state index in [1.807, 2.05) is 0 Å². The van der Waals surface area contributed by atoms with Gasteiger partial charge in [-0.1, -0.05) is 0 Å². The van der Waals surface area contributed by atoms with Gasteiger partial charge in [-0.15, -0.1) is 23.5 Å². The molecule has 2 aliphatic heterocycles. The lowest BCUT2D eigenvalue weighted by molar-refractivity contribution is -0.173. The molecule has 0 bridgehead atoms. The fraction of sp³-hybridized carbons (Fsp3) is 0.478. The Labute approximate surface area is 216 Å². The highest BCUT2D eigenvalue weighted by atomic mass is 32.2. The van der Waals surface area contributed by atoms with Gasteiger partial charge in [0, 0.05) is 35.5 Å². The Kier molecular flexibility index (Phi) is 9.01. The second-order valence-corrected chi connectivity index (χ2v) is 11.0. The molecule has 2 atom stereocenters. The Hall–Kier alpha value is -3.06. The second-order valence-electron chi connectivity index (χ2n) is 8.89. The van der Waals surface area contributed by atoms with Crippen LogP contribution in [0.15, 0.2) is 40.7 Å². The molecule has 0 aromatic carbocycles. The first-order valence-electron chi connectivity index (χ1n) is 11.0. The van der Waals surface area contributed by atoms with Crippen molar-refractivity contribution in [2.45, 2.75) is 44.0 Å². The molecule has 1 aromatic rings. The molecule has 36 heavy (non-hydrogen) atoms. The van der Waals surface area contributed by atoms with E-state index in [2.05, 4.69) is 10.3 Å². The molecule has 2 amide bonds. The van der Waals surface area contributed by atoms with Gasteiger partial charge in [0.25, 0.3) is 5.91 Å². The van der Waals surface area contributed by atoms with Crippen molar-refractivity contribution >= 4 is 53.2 Å². The van der Waals surface area contributed by atoms with Crippen molar-refractivity contribution in [3.63, 3.8) is 0 Å². The van der Waals surface area contributed by atoms with Gasteiger partial charge in [0.05, 0.1) is 11.2 Å². The number of aromatic nitrogens is 1. The number of pyridine rings is 1. The van der Waals surface area contributed by atoms with E-state index in [9.17, 15) is 24.0 Å². The van der Waals surface area contributed by atoms with Crippen LogP contribution in [-0.2, 0) is 38.2 Å². The van der Waals surface area contributed by atoms with Gasteiger partial charge in [-0.3, -0.25) is 29.1 Å². The van der Waals surface area contributed by atoms with Crippen LogP contribution in [0.4, 0.5) is 0 Å². The lowest BCUT2D eigenvalue weighted by Crippen LogP contribution is -2.70. The Bertz CT molecular complexity index is 1070. The topological polar surface area (TPSA) is 141 Å². The van der Waals surface area contributed by atoms with Crippen molar-refractivity contribution in [3.8, 4) is 0 Å².